The number of aryl methyl sites for hydroxylation is 1. The van der Waals surface area contributed by atoms with Gasteiger partial charge in [-0.15, -0.1) is 0 Å². The number of halogens is 1. The molecule has 0 unspecified atom stereocenters. The topological polar surface area (TPSA) is 44.5 Å². The second kappa shape index (κ2) is 5.41. The van der Waals surface area contributed by atoms with E-state index in [-0.39, 0.29) is 0 Å². The van der Waals surface area contributed by atoms with Crippen molar-refractivity contribution in [3.8, 4) is 22.6 Å². The zero-order valence-electron chi connectivity index (χ0n) is 11.2. The minimum Gasteiger partial charge on any atom is -0.495 e. The monoisotopic (exact) mass is 277 g/mol. The van der Waals surface area contributed by atoms with Crippen LogP contribution in [0.1, 0.15) is 5.56 Å². The summed E-state index contributed by atoms with van der Waals surface area (Å²) >= 11 is 6.27. The molecular weight excluding hydrogens is 262 g/mol. The van der Waals surface area contributed by atoms with Crippen molar-refractivity contribution in [1.29, 1.82) is 0 Å². The van der Waals surface area contributed by atoms with Gasteiger partial charge in [0.15, 0.2) is 0 Å². The standard InChI is InChI=1S/C15H16ClNO2/c1-9-8-10(17)4-5-11(9)12-6-7-13(18-2)14(16)15(12)19-3/h4-8H,17H2,1-3H3. The van der Waals surface area contributed by atoms with Crippen molar-refractivity contribution >= 4 is 17.3 Å². The summed E-state index contributed by atoms with van der Waals surface area (Å²) in [5, 5.41) is 0.471. The fraction of sp³-hybridized carbons (Fsp3) is 0.200. The van der Waals surface area contributed by atoms with Gasteiger partial charge in [0.25, 0.3) is 0 Å². The Morgan fingerprint density at radius 3 is 2.26 bits per heavy atom. The van der Waals surface area contributed by atoms with Crippen molar-refractivity contribution < 1.29 is 9.47 Å². The highest BCUT2D eigenvalue weighted by Crippen LogP contribution is 2.42. The molecule has 0 saturated heterocycles. The normalized spacial score (nSPS) is 10.3. The molecule has 0 amide bonds. The summed E-state index contributed by atoms with van der Waals surface area (Å²) in [6.45, 7) is 2.00. The number of ether oxygens (including phenoxy) is 2. The maximum absolute atomic E-state index is 6.27. The van der Waals surface area contributed by atoms with Crippen molar-refractivity contribution in [2.75, 3.05) is 20.0 Å². The van der Waals surface area contributed by atoms with E-state index in [1.54, 1.807) is 14.2 Å². The number of anilines is 1. The number of nitrogen functional groups attached to an aromatic ring is 1. The number of hydrogen-bond acceptors (Lipinski definition) is 3. The van der Waals surface area contributed by atoms with Crippen molar-refractivity contribution in [2.45, 2.75) is 6.92 Å². The Morgan fingerprint density at radius 1 is 1.00 bits per heavy atom. The molecule has 0 aliphatic heterocycles. The third kappa shape index (κ3) is 2.47. The number of methoxy groups -OCH3 is 2. The van der Waals surface area contributed by atoms with E-state index in [2.05, 4.69) is 0 Å². The van der Waals surface area contributed by atoms with Crippen LogP contribution in [-0.4, -0.2) is 14.2 Å². The van der Waals surface area contributed by atoms with Crippen LogP contribution in [0.15, 0.2) is 30.3 Å². The highest BCUT2D eigenvalue weighted by atomic mass is 35.5. The van der Waals surface area contributed by atoms with Crippen LogP contribution in [0.5, 0.6) is 11.5 Å². The predicted octanol–water partition coefficient (Wildman–Crippen LogP) is 3.91. The van der Waals surface area contributed by atoms with E-state index in [1.165, 1.54) is 0 Å². The molecule has 2 aromatic rings. The lowest BCUT2D eigenvalue weighted by Crippen LogP contribution is -1.94. The van der Waals surface area contributed by atoms with Crippen molar-refractivity contribution in [3.63, 3.8) is 0 Å². The molecule has 0 saturated carbocycles. The molecule has 4 heteroatoms. The van der Waals surface area contributed by atoms with Crippen LogP contribution in [0, 0.1) is 6.92 Å². The molecule has 0 heterocycles. The quantitative estimate of drug-likeness (QED) is 0.865. The van der Waals surface area contributed by atoms with E-state index in [1.807, 2.05) is 37.3 Å². The Kier molecular flexibility index (Phi) is 3.86. The van der Waals surface area contributed by atoms with E-state index in [4.69, 9.17) is 26.8 Å². The van der Waals surface area contributed by atoms with Crippen LogP contribution < -0.4 is 15.2 Å². The van der Waals surface area contributed by atoms with Gasteiger partial charge in [-0.05, 0) is 42.3 Å². The molecule has 100 valence electrons. The second-order valence-electron chi connectivity index (χ2n) is 4.24. The summed E-state index contributed by atoms with van der Waals surface area (Å²) in [5.41, 5.74) is 9.54. The van der Waals surface area contributed by atoms with Crippen molar-refractivity contribution in [3.05, 3.63) is 40.9 Å². The van der Waals surface area contributed by atoms with Crippen molar-refractivity contribution in [2.24, 2.45) is 0 Å². The summed E-state index contributed by atoms with van der Waals surface area (Å²) in [7, 11) is 3.17. The maximum Gasteiger partial charge on any atom is 0.149 e. The third-order valence-electron chi connectivity index (χ3n) is 3.03. The molecular formula is C15H16ClNO2. The Labute approximate surface area is 117 Å². The molecule has 0 aliphatic rings. The highest BCUT2D eigenvalue weighted by Gasteiger charge is 2.15. The van der Waals surface area contributed by atoms with Crippen LogP contribution in [-0.2, 0) is 0 Å². The molecule has 2 rings (SSSR count). The summed E-state index contributed by atoms with van der Waals surface area (Å²) in [6.07, 6.45) is 0. The molecule has 0 radical (unpaired) electrons. The first-order valence-electron chi connectivity index (χ1n) is 5.85. The van der Waals surface area contributed by atoms with Crippen LogP contribution in [0.25, 0.3) is 11.1 Å². The fourth-order valence-electron chi connectivity index (χ4n) is 2.10. The molecule has 0 aliphatic carbocycles. The number of rotatable bonds is 3. The minimum atomic E-state index is 0.471. The zero-order chi connectivity index (χ0) is 14.0. The van der Waals surface area contributed by atoms with E-state index < -0.39 is 0 Å². The van der Waals surface area contributed by atoms with E-state index in [0.717, 1.165) is 22.4 Å². The van der Waals surface area contributed by atoms with Gasteiger partial charge in [0.2, 0.25) is 0 Å². The first-order valence-corrected chi connectivity index (χ1v) is 6.23. The van der Waals surface area contributed by atoms with Crippen LogP contribution in [0.2, 0.25) is 5.02 Å². The largest absolute Gasteiger partial charge is 0.495 e. The van der Waals surface area contributed by atoms with Crippen LogP contribution in [0.4, 0.5) is 5.69 Å². The van der Waals surface area contributed by atoms with Gasteiger partial charge in [-0.25, -0.2) is 0 Å². The van der Waals surface area contributed by atoms with E-state index in [9.17, 15) is 0 Å². The molecule has 2 aromatic carbocycles. The average molecular weight is 278 g/mol. The van der Waals surface area contributed by atoms with Gasteiger partial charge in [-0.1, -0.05) is 17.7 Å². The van der Waals surface area contributed by atoms with Gasteiger partial charge in [0.1, 0.15) is 16.5 Å². The van der Waals surface area contributed by atoms with Crippen LogP contribution >= 0.6 is 11.6 Å². The average Bonchev–Trinajstić information content (AvgIpc) is 2.38. The molecule has 0 atom stereocenters. The van der Waals surface area contributed by atoms with E-state index >= 15 is 0 Å². The Bertz CT molecular complexity index is 611. The first-order chi connectivity index (χ1) is 9.08. The van der Waals surface area contributed by atoms with Crippen molar-refractivity contribution in [1.82, 2.24) is 0 Å². The lowest BCUT2D eigenvalue weighted by Gasteiger charge is -2.15. The molecule has 0 bridgehead atoms. The summed E-state index contributed by atoms with van der Waals surface area (Å²) in [6, 6.07) is 9.51. The van der Waals surface area contributed by atoms with E-state index in [0.29, 0.717) is 16.5 Å². The first kappa shape index (κ1) is 13.6. The molecule has 3 nitrogen and oxygen atoms in total. The number of hydrogen-bond donors (Lipinski definition) is 1. The lowest BCUT2D eigenvalue weighted by molar-refractivity contribution is 0.396. The number of nitrogens with two attached hydrogens (primary N) is 1. The van der Waals surface area contributed by atoms with Gasteiger partial charge in [-0.3, -0.25) is 0 Å². The van der Waals surface area contributed by atoms with Gasteiger partial charge >= 0.3 is 0 Å². The fourth-order valence-corrected chi connectivity index (χ4v) is 2.42. The van der Waals surface area contributed by atoms with Crippen LogP contribution in [0.3, 0.4) is 0 Å². The molecule has 0 spiro atoms. The Balaban J connectivity index is 2.65. The van der Waals surface area contributed by atoms with Gasteiger partial charge in [0.05, 0.1) is 14.2 Å². The summed E-state index contributed by atoms with van der Waals surface area (Å²) in [4.78, 5) is 0. The molecule has 2 N–H and O–H groups in total. The Hall–Kier alpha value is -1.87. The smallest absolute Gasteiger partial charge is 0.149 e. The molecule has 19 heavy (non-hydrogen) atoms. The second-order valence-corrected chi connectivity index (χ2v) is 4.61. The summed E-state index contributed by atoms with van der Waals surface area (Å²) in [5.74, 6) is 1.20. The minimum absolute atomic E-state index is 0.471. The number of benzene rings is 2. The maximum atomic E-state index is 6.27. The zero-order valence-corrected chi connectivity index (χ0v) is 11.9. The SMILES string of the molecule is COc1ccc(-c2ccc(N)cc2C)c(OC)c1Cl. The molecule has 0 fully saturated rings. The molecule has 0 aromatic heterocycles. The summed E-state index contributed by atoms with van der Waals surface area (Å²) < 4.78 is 10.6. The third-order valence-corrected chi connectivity index (χ3v) is 3.38. The highest BCUT2D eigenvalue weighted by molar-refractivity contribution is 6.34. The van der Waals surface area contributed by atoms with Gasteiger partial charge < -0.3 is 15.2 Å². The van der Waals surface area contributed by atoms with Gasteiger partial charge in [-0.2, -0.15) is 0 Å². The Morgan fingerprint density at radius 2 is 1.68 bits per heavy atom. The lowest BCUT2D eigenvalue weighted by atomic mass is 9.99. The van der Waals surface area contributed by atoms with Gasteiger partial charge in [0, 0.05) is 11.3 Å². The predicted molar refractivity (Wildman–Crippen MR) is 79.1 cm³/mol.